The standard InChI is InChI=1S/C18H17F3N2O3/c1-10-4-3-5-14(15(10)22)17(25)26-11(2)16(24)23-13-8-6-12(7-9-13)18(19,20)21/h3-9,11H,22H2,1-2H3,(H,23,24)/t11-/m0/s1. The second-order valence-electron chi connectivity index (χ2n) is 5.65. The highest BCUT2D eigenvalue weighted by atomic mass is 19.4. The van der Waals surface area contributed by atoms with E-state index in [1.54, 1.807) is 19.1 Å². The van der Waals surface area contributed by atoms with Gasteiger partial charge in [-0.2, -0.15) is 13.2 Å². The normalized spacial score (nSPS) is 12.3. The third kappa shape index (κ3) is 4.53. The minimum atomic E-state index is -4.46. The Balaban J connectivity index is 2.01. The number of hydrogen-bond donors (Lipinski definition) is 2. The number of nitrogens with one attached hydrogen (secondary N) is 1. The molecular formula is C18H17F3N2O3. The minimum absolute atomic E-state index is 0.138. The molecule has 0 heterocycles. The summed E-state index contributed by atoms with van der Waals surface area (Å²) in [5.74, 6) is -1.44. The molecule has 0 unspecified atom stereocenters. The van der Waals surface area contributed by atoms with Gasteiger partial charge in [0.15, 0.2) is 6.10 Å². The Morgan fingerprint density at radius 3 is 2.31 bits per heavy atom. The Morgan fingerprint density at radius 1 is 1.12 bits per heavy atom. The van der Waals surface area contributed by atoms with Crippen LogP contribution in [-0.2, 0) is 15.7 Å². The van der Waals surface area contributed by atoms with Gasteiger partial charge in [-0.3, -0.25) is 4.79 Å². The summed E-state index contributed by atoms with van der Waals surface area (Å²) in [5, 5.41) is 2.39. The van der Waals surface area contributed by atoms with Crippen molar-refractivity contribution in [2.75, 3.05) is 11.1 Å². The number of nitrogen functional groups attached to an aromatic ring is 1. The van der Waals surface area contributed by atoms with Gasteiger partial charge in [0.25, 0.3) is 5.91 Å². The summed E-state index contributed by atoms with van der Waals surface area (Å²) < 4.78 is 42.6. The van der Waals surface area contributed by atoms with Gasteiger partial charge in [0.05, 0.1) is 11.1 Å². The van der Waals surface area contributed by atoms with Crippen LogP contribution in [0.1, 0.15) is 28.4 Å². The number of rotatable bonds is 4. The molecule has 138 valence electrons. The Kier molecular flexibility index (Phi) is 5.54. The molecule has 26 heavy (non-hydrogen) atoms. The molecule has 5 nitrogen and oxygen atoms in total. The summed E-state index contributed by atoms with van der Waals surface area (Å²) in [5.41, 5.74) is 6.23. The van der Waals surface area contributed by atoms with Gasteiger partial charge >= 0.3 is 12.1 Å². The van der Waals surface area contributed by atoms with Crippen LogP contribution in [0.15, 0.2) is 42.5 Å². The summed E-state index contributed by atoms with van der Waals surface area (Å²) in [7, 11) is 0. The molecule has 0 aliphatic rings. The number of ether oxygens (including phenoxy) is 1. The molecule has 0 saturated carbocycles. The van der Waals surface area contributed by atoms with E-state index in [-0.39, 0.29) is 16.9 Å². The molecule has 3 N–H and O–H groups in total. The van der Waals surface area contributed by atoms with Crippen molar-refractivity contribution in [3.8, 4) is 0 Å². The van der Waals surface area contributed by atoms with Gasteiger partial charge in [0.1, 0.15) is 0 Å². The lowest BCUT2D eigenvalue weighted by atomic mass is 10.1. The summed E-state index contributed by atoms with van der Waals surface area (Å²) in [6.07, 6.45) is -5.62. The van der Waals surface area contributed by atoms with Crippen molar-refractivity contribution in [2.24, 2.45) is 0 Å². The fourth-order valence-electron chi connectivity index (χ4n) is 2.12. The third-order valence-electron chi connectivity index (χ3n) is 3.68. The van der Waals surface area contributed by atoms with E-state index >= 15 is 0 Å². The number of anilines is 2. The summed E-state index contributed by atoms with van der Waals surface area (Å²) in [6, 6.07) is 8.77. The maximum Gasteiger partial charge on any atom is 0.416 e. The second kappa shape index (κ2) is 7.47. The molecule has 2 rings (SSSR count). The number of carbonyl (C=O) groups excluding carboxylic acids is 2. The highest BCUT2D eigenvalue weighted by Crippen LogP contribution is 2.29. The van der Waals surface area contributed by atoms with Crippen LogP contribution in [0.25, 0.3) is 0 Å². The number of hydrogen-bond acceptors (Lipinski definition) is 4. The number of para-hydroxylation sites is 1. The van der Waals surface area contributed by atoms with Crippen molar-refractivity contribution >= 4 is 23.3 Å². The zero-order chi connectivity index (χ0) is 19.5. The van der Waals surface area contributed by atoms with E-state index in [4.69, 9.17) is 10.5 Å². The Labute approximate surface area is 148 Å². The molecule has 0 bridgehead atoms. The number of alkyl halides is 3. The van der Waals surface area contributed by atoms with Crippen LogP contribution in [0.5, 0.6) is 0 Å². The molecule has 0 aromatic heterocycles. The number of esters is 1. The molecular weight excluding hydrogens is 349 g/mol. The van der Waals surface area contributed by atoms with Crippen molar-refractivity contribution in [2.45, 2.75) is 26.1 Å². The fraction of sp³-hybridized carbons (Fsp3) is 0.222. The number of nitrogens with two attached hydrogens (primary N) is 1. The molecule has 0 saturated heterocycles. The number of amides is 1. The highest BCUT2D eigenvalue weighted by Gasteiger charge is 2.30. The Hall–Kier alpha value is -3.03. The largest absolute Gasteiger partial charge is 0.449 e. The molecule has 0 spiro atoms. The summed E-state index contributed by atoms with van der Waals surface area (Å²) in [6.45, 7) is 3.08. The zero-order valence-electron chi connectivity index (χ0n) is 14.1. The van der Waals surface area contributed by atoms with Gasteiger partial charge < -0.3 is 15.8 Å². The van der Waals surface area contributed by atoms with Crippen LogP contribution in [0, 0.1) is 6.92 Å². The van der Waals surface area contributed by atoms with Crippen molar-refractivity contribution in [1.29, 1.82) is 0 Å². The Bertz CT molecular complexity index is 817. The zero-order valence-corrected chi connectivity index (χ0v) is 14.1. The second-order valence-corrected chi connectivity index (χ2v) is 5.65. The number of benzene rings is 2. The van der Waals surface area contributed by atoms with E-state index in [1.807, 2.05) is 0 Å². The lowest BCUT2D eigenvalue weighted by molar-refractivity contribution is -0.137. The van der Waals surface area contributed by atoms with Crippen LogP contribution in [-0.4, -0.2) is 18.0 Å². The van der Waals surface area contributed by atoms with E-state index in [0.29, 0.717) is 5.56 Å². The number of carbonyl (C=O) groups is 2. The maximum absolute atomic E-state index is 12.5. The monoisotopic (exact) mass is 366 g/mol. The molecule has 0 aliphatic carbocycles. The first-order chi connectivity index (χ1) is 12.1. The third-order valence-corrected chi connectivity index (χ3v) is 3.68. The summed E-state index contributed by atoms with van der Waals surface area (Å²) >= 11 is 0. The number of halogens is 3. The van der Waals surface area contributed by atoms with E-state index < -0.39 is 29.7 Å². The molecule has 0 radical (unpaired) electrons. The van der Waals surface area contributed by atoms with Crippen molar-refractivity contribution < 1.29 is 27.5 Å². The fourth-order valence-corrected chi connectivity index (χ4v) is 2.12. The Morgan fingerprint density at radius 2 is 1.73 bits per heavy atom. The van der Waals surface area contributed by atoms with Crippen LogP contribution < -0.4 is 11.1 Å². The van der Waals surface area contributed by atoms with Crippen LogP contribution in [0.3, 0.4) is 0 Å². The predicted octanol–water partition coefficient (Wildman–Crippen LogP) is 3.78. The SMILES string of the molecule is Cc1cccc(C(=O)O[C@@H](C)C(=O)Nc2ccc(C(F)(F)F)cc2)c1N. The van der Waals surface area contributed by atoms with Crippen molar-refractivity contribution in [1.82, 2.24) is 0 Å². The van der Waals surface area contributed by atoms with Crippen molar-refractivity contribution in [3.05, 3.63) is 59.2 Å². The van der Waals surface area contributed by atoms with E-state index in [0.717, 1.165) is 24.3 Å². The topological polar surface area (TPSA) is 81.4 Å². The van der Waals surface area contributed by atoms with Crippen LogP contribution in [0.4, 0.5) is 24.5 Å². The van der Waals surface area contributed by atoms with Crippen molar-refractivity contribution in [3.63, 3.8) is 0 Å². The maximum atomic E-state index is 12.5. The van der Waals surface area contributed by atoms with Gasteiger partial charge in [-0.25, -0.2) is 4.79 Å². The molecule has 1 atom stereocenters. The van der Waals surface area contributed by atoms with Gasteiger partial charge in [0.2, 0.25) is 0 Å². The average molecular weight is 366 g/mol. The average Bonchev–Trinajstić information content (AvgIpc) is 2.56. The van der Waals surface area contributed by atoms with Gasteiger partial charge in [-0.1, -0.05) is 12.1 Å². The van der Waals surface area contributed by atoms with E-state index in [1.165, 1.54) is 13.0 Å². The van der Waals surface area contributed by atoms with Gasteiger partial charge in [0, 0.05) is 11.4 Å². The molecule has 2 aromatic carbocycles. The first-order valence-corrected chi connectivity index (χ1v) is 7.64. The quantitative estimate of drug-likeness (QED) is 0.637. The lowest BCUT2D eigenvalue weighted by Crippen LogP contribution is -2.30. The molecule has 0 aliphatic heterocycles. The van der Waals surface area contributed by atoms with E-state index in [2.05, 4.69) is 5.32 Å². The van der Waals surface area contributed by atoms with E-state index in [9.17, 15) is 22.8 Å². The first kappa shape index (κ1) is 19.3. The molecule has 0 fully saturated rings. The molecule has 1 amide bonds. The highest BCUT2D eigenvalue weighted by molar-refractivity contribution is 5.99. The summed E-state index contributed by atoms with van der Waals surface area (Å²) in [4.78, 5) is 24.2. The molecule has 8 heteroatoms. The minimum Gasteiger partial charge on any atom is -0.449 e. The number of aryl methyl sites for hydroxylation is 1. The van der Waals surface area contributed by atoms with Gasteiger partial charge in [-0.15, -0.1) is 0 Å². The van der Waals surface area contributed by atoms with Crippen LogP contribution in [0.2, 0.25) is 0 Å². The van der Waals surface area contributed by atoms with Gasteiger partial charge in [-0.05, 0) is 49.7 Å². The lowest BCUT2D eigenvalue weighted by Gasteiger charge is -2.15. The van der Waals surface area contributed by atoms with Crippen LogP contribution >= 0.6 is 0 Å². The predicted molar refractivity (Wildman–Crippen MR) is 90.5 cm³/mol. The smallest absolute Gasteiger partial charge is 0.416 e. The molecule has 2 aromatic rings. The first-order valence-electron chi connectivity index (χ1n) is 7.64.